The van der Waals surface area contributed by atoms with Gasteiger partial charge in [0.15, 0.2) is 0 Å². The van der Waals surface area contributed by atoms with E-state index in [4.69, 9.17) is 5.73 Å². The first-order chi connectivity index (χ1) is 8.00. The monoisotopic (exact) mass is 252 g/mol. The van der Waals surface area contributed by atoms with E-state index in [-0.39, 0.29) is 11.9 Å². The molecule has 1 unspecified atom stereocenters. The van der Waals surface area contributed by atoms with Crippen LogP contribution in [0.25, 0.3) is 0 Å². The highest BCUT2D eigenvalue weighted by atomic mass is 32.2. The maximum Gasteiger partial charge on any atom is 0.222 e. The summed E-state index contributed by atoms with van der Waals surface area (Å²) in [4.78, 5) is 14.2. The summed E-state index contributed by atoms with van der Waals surface area (Å²) in [6, 6.07) is 8.24. The second-order valence-electron chi connectivity index (χ2n) is 4.25. The van der Waals surface area contributed by atoms with Gasteiger partial charge in [0.25, 0.3) is 0 Å². The van der Waals surface area contributed by atoms with E-state index in [0.29, 0.717) is 6.42 Å². The normalized spacial score (nSPS) is 12.2. The van der Waals surface area contributed by atoms with Crippen molar-refractivity contribution in [1.29, 1.82) is 0 Å². The van der Waals surface area contributed by atoms with E-state index in [0.717, 1.165) is 11.3 Å². The van der Waals surface area contributed by atoms with Gasteiger partial charge in [-0.15, -0.1) is 11.8 Å². The lowest BCUT2D eigenvalue weighted by atomic mass is 10.1. The van der Waals surface area contributed by atoms with Crippen molar-refractivity contribution in [3.8, 4) is 0 Å². The van der Waals surface area contributed by atoms with Gasteiger partial charge in [0.1, 0.15) is 0 Å². The molecule has 0 spiro atoms. The SMILES string of the molecule is CC(N)c1cccc(SCCC(=O)N(C)C)c1. The summed E-state index contributed by atoms with van der Waals surface area (Å²) in [5, 5.41) is 0. The van der Waals surface area contributed by atoms with Crippen LogP contribution in [0.2, 0.25) is 0 Å². The van der Waals surface area contributed by atoms with Crippen molar-refractivity contribution in [3.63, 3.8) is 0 Å². The average Bonchev–Trinajstić information content (AvgIpc) is 2.29. The van der Waals surface area contributed by atoms with Crippen LogP contribution >= 0.6 is 11.8 Å². The molecule has 0 aliphatic carbocycles. The molecule has 0 bridgehead atoms. The molecule has 1 aromatic rings. The maximum atomic E-state index is 11.4. The number of benzene rings is 1. The summed E-state index contributed by atoms with van der Waals surface area (Å²) < 4.78 is 0. The molecular formula is C13H20N2OS. The van der Waals surface area contributed by atoms with Crippen LogP contribution in [0.1, 0.15) is 24.9 Å². The zero-order valence-electron chi connectivity index (χ0n) is 10.6. The summed E-state index contributed by atoms with van der Waals surface area (Å²) in [5.74, 6) is 0.972. The predicted molar refractivity (Wildman–Crippen MR) is 73.1 cm³/mol. The first-order valence-electron chi connectivity index (χ1n) is 5.69. The van der Waals surface area contributed by atoms with E-state index in [2.05, 4.69) is 12.1 Å². The van der Waals surface area contributed by atoms with Gasteiger partial charge in [-0.3, -0.25) is 4.79 Å². The minimum atomic E-state index is 0.0546. The number of thioether (sulfide) groups is 1. The molecule has 1 rings (SSSR count). The fourth-order valence-electron chi connectivity index (χ4n) is 1.37. The Hall–Kier alpha value is -1.00. The number of rotatable bonds is 5. The molecule has 0 saturated heterocycles. The Kier molecular flexibility index (Phi) is 5.51. The van der Waals surface area contributed by atoms with Crippen molar-refractivity contribution >= 4 is 17.7 Å². The van der Waals surface area contributed by atoms with Crippen LogP contribution in [0.15, 0.2) is 29.2 Å². The van der Waals surface area contributed by atoms with Crippen LogP contribution in [-0.2, 0) is 4.79 Å². The van der Waals surface area contributed by atoms with E-state index in [1.807, 2.05) is 19.1 Å². The molecule has 94 valence electrons. The van der Waals surface area contributed by atoms with Gasteiger partial charge in [-0.2, -0.15) is 0 Å². The van der Waals surface area contributed by atoms with Gasteiger partial charge in [-0.1, -0.05) is 12.1 Å². The second-order valence-corrected chi connectivity index (χ2v) is 5.42. The second kappa shape index (κ2) is 6.67. The molecule has 0 aliphatic rings. The Balaban J connectivity index is 2.47. The predicted octanol–water partition coefficient (Wildman–Crippen LogP) is 2.28. The zero-order valence-corrected chi connectivity index (χ0v) is 11.5. The number of nitrogens with zero attached hydrogens (tertiary/aromatic N) is 1. The van der Waals surface area contributed by atoms with E-state index in [1.54, 1.807) is 30.8 Å². The van der Waals surface area contributed by atoms with Crippen LogP contribution in [-0.4, -0.2) is 30.7 Å². The third-order valence-electron chi connectivity index (χ3n) is 2.47. The Morgan fingerprint density at radius 3 is 2.76 bits per heavy atom. The fraction of sp³-hybridized carbons (Fsp3) is 0.462. The first-order valence-corrected chi connectivity index (χ1v) is 6.67. The summed E-state index contributed by atoms with van der Waals surface area (Å²) in [6.45, 7) is 1.97. The number of carbonyl (C=O) groups excluding carboxylic acids is 1. The number of carbonyl (C=O) groups is 1. The van der Waals surface area contributed by atoms with Gasteiger partial charge in [0, 0.05) is 37.2 Å². The van der Waals surface area contributed by atoms with E-state index < -0.39 is 0 Å². The molecule has 1 aromatic carbocycles. The van der Waals surface area contributed by atoms with Crippen LogP contribution < -0.4 is 5.73 Å². The van der Waals surface area contributed by atoms with Crippen LogP contribution in [0, 0.1) is 0 Å². The van der Waals surface area contributed by atoms with Crippen molar-refractivity contribution in [1.82, 2.24) is 4.90 Å². The van der Waals surface area contributed by atoms with Crippen molar-refractivity contribution in [2.75, 3.05) is 19.8 Å². The number of hydrogen-bond acceptors (Lipinski definition) is 3. The standard InChI is InChI=1S/C13H20N2OS/c1-10(14)11-5-4-6-12(9-11)17-8-7-13(16)15(2)3/h4-6,9-10H,7-8,14H2,1-3H3. The minimum absolute atomic E-state index is 0.0546. The first kappa shape index (κ1) is 14.1. The van der Waals surface area contributed by atoms with Crippen molar-refractivity contribution in [2.45, 2.75) is 24.3 Å². The van der Waals surface area contributed by atoms with Crippen LogP contribution in [0.4, 0.5) is 0 Å². The zero-order chi connectivity index (χ0) is 12.8. The van der Waals surface area contributed by atoms with Gasteiger partial charge < -0.3 is 10.6 Å². The Labute approximate surface area is 107 Å². The van der Waals surface area contributed by atoms with Gasteiger partial charge in [-0.05, 0) is 24.6 Å². The summed E-state index contributed by atoms with van der Waals surface area (Å²) in [7, 11) is 3.56. The molecule has 0 radical (unpaired) electrons. The van der Waals surface area contributed by atoms with E-state index in [1.165, 1.54) is 4.90 Å². The van der Waals surface area contributed by atoms with Gasteiger partial charge in [0.2, 0.25) is 5.91 Å². The third kappa shape index (κ3) is 4.79. The molecule has 0 fully saturated rings. The van der Waals surface area contributed by atoms with Crippen LogP contribution in [0.5, 0.6) is 0 Å². The van der Waals surface area contributed by atoms with Crippen molar-refractivity contribution in [2.24, 2.45) is 5.73 Å². The molecule has 0 aliphatic heterocycles. The minimum Gasteiger partial charge on any atom is -0.349 e. The Morgan fingerprint density at radius 1 is 1.47 bits per heavy atom. The summed E-state index contributed by atoms with van der Waals surface area (Å²) in [6.07, 6.45) is 0.570. The highest BCUT2D eigenvalue weighted by Crippen LogP contribution is 2.22. The van der Waals surface area contributed by atoms with E-state index in [9.17, 15) is 4.79 Å². The van der Waals surface area contributed by atoms with Gasteiger partial charge >= 0.3 is 0 Å². The Bertz CT molecular complexity index is 377. The lowest BCUT2D eigenvalue weighted by molar-refractivity contribution is -0.128. The molecule has 1 amide bonds. The number of nitrogens with two attached hydrogens (primary N) is 1. The molecule has 0 aromatic heterocycles. The largest absolute Gasteiger partial charge is 0.349 e. The van der Waals surface area contributed by atoms with Crippen LogP contribution in [0.3, 0.4) is 0 Å². The maximum absolute atomic E-state index is 11.4. The smallest absolute Gasteiger partial charge is 0.222 e. The summed E-state index contributed by atoms with van der Waals surface area (Å²) >= 11 is 1.69. The third-order valence-corrected chi connectivity index (χ3v) is 3.46. The molecule has 1 atom stereocenters. The van der Waals surface area contributed by atoms with Crippen molar-refractivity contribution < 1.29 is 4.79 Å². The fourth-order valence-corrected chi connectivity index (χ4v) is 2.27. The molecule has 3 nitrogen and oxygen atoms in total. The van der Waals surface area contributed by atoms with Gasteiger partial charge in [0.05, 0.1) is 0 Å². The molecule has 0 saturated carbocycles. The molecule has 4 heteroatoms. The lowest BCUT2D eigenvalue weighted by Gasteiger charge is -2.10. The average molecular weight is 252 g/mol. The number of amides is 1. The molecule has 0 heterocycles. The quantitative estimate of drug-likeness (QED) is 0.818. The Morgan fingerprint density at radius 2 is 2.18 bits per heavy atom. The molecule has 2 N–H and O–H groups in total. The van der Waals surface area contributed by atoms with E-state index >= 15 is 0 Å². The topological polar surface area (TPSA) is 46.3 Å². The molecular weight excluding hydrogens is 232 g/mol. The van der Waals surface area contributed by atoms with Gasteiger partial charge in [-0.25, -0.2) is 0 Å². The molecule has 17 heavy (non-hydrogen) atoms. The summed E-state index contributed by atoms with van der Waals surface area (Å²) in [5.41, 5.74) is 6.96. The highest BCUT2D eigenvalue weighted by molar-refractivity contribution is 7.99. The lowest BCUT2D eigenvalue weighted by Crippen LogP contribution is -2.21. The van der Waals surface area contributed by atoms with Crippen molar-refractivity contribution in [3.05, 3.63) is 29.8 Å². The number of hydrogen-bond donors (Lipinski definition) is 1. The highest BCUT2D eigenvalue weighted by Gasteiger charge is 2.05.